The summed E-state index contributed by atoms with van der Waals surface area (Å²) < 4.78 is 5.41. The number of hydrogen-bond acceptors (Lipinski definition) is 5. The van der Waals surface area contributed by atoms with E-state index < -0.39 is 0 Å². The van der Waals surface area contributed by atoms with Crippen LogP contribution in [-0.4, -0.2) is 47.2 Å². The van der Waals surface area contributed by atoms with E-state index in [1.807, 2.05) is 0 Å². The van der Waals surface area contributed by atoms with Crippen LogP contribution in [0.2, 0.25) is 0 Å². The Bertz CT molecular complexity index is 380. The molecule has 17 heavy (non-hydrogen) atoms. The van der Waals surface area contributed by atoms with Gasteiger partial charge in [0, 0.05) is 25.7 Å². The van der Waals surface area contributed by atoms with Gasteiger partial charge >= 0.3 is 0 Å². The molecule has 3 heterocycles. The zero-order chi connectivity index (χ0) is 11.7. The zero-order valence-electron chi connectivity index (χ0n) is 10.0. The number of piperidine rings is 1. The van der Waals surface area contributed by atoms with Crippen LogP contribution in [0.15, 0.2) is 10.7 Å². The molecule has 5 heteroatoms. The molecule has 0 bridgehead atoms. The number of aliphatic hydroxyl groups is 1. The van der Waals surface area contributed by atoms with Crippen molar-refractivity contribution in [1.29, 1.82) is 0 Å². The quantitative estimate of drug-likeness (QED) is 0.826. The first kappa shape index (κ1) is 11.0. The number of anilines is 1. The van der Waals surface area contributed by atoms with E-state index in [0.717, 1.165) is 19.6 Å². The maximum Gasteiger partial charge on any atom is 0.297 e. The van der Waals surface area contributed by atoms with Gasteiger partial charge in [-0.1, -0.05) is 6.42 Å². The number of hydrogen-bond donors (Lipinski definition) is 1. The Morgan fingerprint density at radius 2 is 2.29 bits per heavy atom. The smallest absolute Gasteiger partial charge is 0.297 e. The lowest BCUT2D eigenvalue weighted by atomic mass is 10.00. The molecule has 0 aromatic carbocycles. The Balaban J connectivity index is 1.68. The third-order valence-corrected chi connectivity index (χ3v) is 3.81. The number of fused-ring (bicyclic) bond motifs is 1. The Morgan fingerprint density at radius 1 is 1.35 bits per heavy atom. The summed E-state index contributed by atoms with van der Waals surface area (Å²) in [4.78, 5) is 9.06. The van der Waals surface area contributed by atoms with Crippen LogP contribution in [0.3, 0.4) is 0 Å². The van der Waals surface area contributed by atoms with Gasteiger partial charge in [-0.3, -0.25) is 4.90 Å². The van der Waals surface area contributed by atoms with Gasteiger partial charge in [-0.2, -0.15) is 4.98 Å². The summed E-state index contributed by atoms with van der Waals surface area (Å²) in [5.74, 6) is 0. The number of oxazole rings is 1. The van der Waals surface area contributed by atoms with Gasteiger partial charge in [0.05, 0.1) is 6.61 Å². The van der Waals surface area contributed by atoms with Crippen LogP contribution in [0.25, 0.3) is 0 Å². The molecule has 0 spiro atoms. The molecule has 1 aromatic heterocycles. The highest BCUT2D eigenvalue weighted by Crippen LogP contribution is 2.24. The lowest BCUT2D eigenvalue weighted by molar-refractivity contribution is 0.131. The predicted molar refractivity (Wildman–Crippen MR) is 63.9 cm³/mol. The Kier molecular flexibility index (Phi) is 3.03. The molecule has 0 aliphatic carbocycles. The Hall–Kier alpha value is -1.07. The first-order chi connectivity index (χ1) is 8.36. The monoisotopic (exact) mass is 237 g/mol. The summed E-state index contributed by atoms with van der Waals surface area (Å²) in [5.41, 5.74) is 0.617. The van der Waals surface area contributed by atoms with Crippen molar-refractivity contribution in [2.24, 2.45) is 0 Å². The normalized spacial score (nSPS) is 25.9. The van der Waals surface area contributed by atoms with Crippen molar-refractivity contribution in [2.45, 2.75) is 31.9 Å². The van der Waals surface area contributed by atoms with Crippen molar-refractivity contribution in [3.8, 4) is 0 Å². The fourth-order valence-electron chi connectivity index (χ4n) is 2.84. The van der Waals surface area contributed by atoms with Gasteiger partial charge in [0.2, 0.25) is 0 Å². The van der Waals surface area contributed by atoms with E-state index in [-0.39, 0.29) is 6.61 Å². The molecule has 2 aliphatic rings. The second kappa shape index (κ2) is 4.66. The van der Waals surface area contributed by atoms with E-state index in [1.54, 1.807) is 6.26 Å². The number of aliphatic hydroxyl groups excluding tert-OH is 1. The maximum atomic E-state index is 8.99. The molecular formula is C12H19N3O2. The van der Waals surface area contributed by atoms with E-state index >= 15 is 0 Å². The van der Waals surface area contributed by atoms with E-state index in [9.17, 15) is 0 Å². The number of rotatable bonds is 2. The standard InChI is InChI=1S/C12H19N3O2/c16-8-10-9-17-12(13-10)15-6-5-14-4-2-1-3-11(14)7-15/h9,11,16H,1-8H2. The van der Waals surface area contributed by atoms with Gasteiger partial charge in [-0.25, -0.2) is 0 Å². The molecule has 5 nitrogen and oxygen atoms in total. The van der Waals surface area contributed by atoms with E-state index in [2.05, 4.69) is 14.8 Å². The maximum absolute atomic E-state index is 8.99. The Morgan fingerprint density at radius 3 is 3.12 bits per heavy atom. The highest BCUT2D eigenvalue weighted by molar-refractivity contribution is 5.28. The summed E-state index contributed by atoms with van der Waals surface area (Å²) in [7, 11) is 0. The van der Waals surface area contributed by atoms with Crippen LogP contribution in [0, 0.1) is 0 Å². The Labute approximate surface area is 101 Å². The van der Waals surface area contributed by atoms with Crippen LogP contribution < -0.4 is 4.90 Å². The van der Waals surface area contributed by atoms with Crippen molar-refractivity contribution in [2.75, 3.05) is 31.1 Å². The second-order valence-electron chi connectivity index (χ2n) is 4.91. The molecule has 2 saturated heterocycles. The van der Waals surface area contributed by atoms with Gasteiger partial charge in [0.1, 0.15) is 12.0 Å². The molecule has 3 rings (SSSR count). The van der Waals surface area contributed by atoms with E-state index in [4.69, 9.17) is 9.52 Å². The largest absolute Gasteiger partial charge is 0.432 e. The zero-order valence-corrected chi connectivity index (χ0v) is 10.0. The van der Waals surface area contributed by atoms with Gasteiger partial charge in [-0.15, -0.1) is 0 Å². The minimum Gasteiger partial charge on any atom is -0.432 e. The predicted octanol–water partition coefficient (Wildman–Crippen LogP) is 0.841. The van der Waals surface area contributed by atoms with Crippen LogP contribution >= 0.6 is 0 Å². The fourth-order valence-corrected chi connectivity index (χ4v) is 2.84. The summed E-state index contributed by atoms with van der Waals surface area (Å²) in [6, 6.07) is 1.32. The molecule has 1 N–H and O–H groups in total. The van der Waals surface area contributed by atoms with Crippen LogP contribution in [0.1, 0.15) is 25.0 Å². The van der Waals surface area contributed by atoms with Crippen molar-refractivity contribution in [1.82, 2.24) is 9.88 Å². The molecule has 0 amide bonds. The van der Waals surface area contributed by atoms with Gasteiger partial charge in [0.15, 0.2) is 0 Å². The van der Waals surface area contributed by atoms with Gasteiger partial charge < -0.3 is 14.4 Å². The van der Waals surface area contributed by atoms with Crippen LogP contribution in [0.4, 0.5) is 6.01 Å². The first-order valence-electron chi connectivity index (χ1n) is 6.41. The highest BCUT2D eigenvalue weighted by Gasteiger charge is 2.30. The summed E-state index contributed by atoms with van der Waals surface area (Å²) in [5, 5.41) is 8.99. The summed E-state index contributed by atoms with van der Waals surface area (Å²) >= 11 is 0. The highest BCUT2D eigenvalue weighted by atomic mass is 16.4. The number of aromatic nitrogens is 1. The average Bonchev–Trinajstić information content (AvgIpc) is 2.87. The fraction of sp³-hybridized carbons (Fsp3) is 0.750. The minimum atomic E-state index is -0.0487. The lowest BCUT2D eigenvalue weighted by Crippen LogP contribution is -2.55. The first-order valence-corrected chi connectivity index (χ1v) is 6.41. The second-order valence-corrected chi connectivity index (χ2v) is 4.91. The molecule has 94 valence electrons. The van der Waals surface area contributed by atoms with Crippen molar-refractivity contribution in [3.63, 3.8) is 0 Å². The van der Waals surface area contributed by atoms with E-state index in [1.165, 1.54) is 25.8 Å². The topological polar surface area (TPSA) is 52.7 Å². The summed E-state index contributed by atoms with van der Waals surface area (Å²) in [6.07, 6.45) is 5.50. The van der Waals surface area contributed by atoms with Crippen LogP contribution in [0.5, 0.6) is 0 Å². The molecule has 1 unspecified atom stereocenters. The lowest BCUT2D eigenvalue weighted by Gasteiger charge is -2.43. The van der Waals surface area contributed by atoms with Crippen molar-refractivity contribution >= 4 is 6.01 Å². The summed E-state index contributed by atoms with van der Waals surface area (Å²) in [6.45, 7) is 4.27. The SMILES string of the molecule is OCc1coc(N2CCN3CCCCC3C2)n1. The molecule has 1 aromatic rings. The third kappa shape index (κ3) is 2.17. The average molecular weight is 237 g/mol. The number of piperazine rings is 1. The van der Waals surface area contributed by atoms with E-state index in [0.29, 0.717) is 17.8 Å². The van der Waals surface area contributed by atoms with Crippen molar-refractivity contribution < 1.29 is 9.52 Å². The van der Waals surface area contributed by atoms with Gasteiger partial charge in [-0.05, 0) is 19.4 Å². The molecule has 0 saturated carbocycles. The van der Waals surface area contributed by atoms with Crippen LogP contribution in [-0.2, 0) is 6.61 Å². The molecule has 0 radical (unpaired) electrons. The van der Waals surface area contributed by atoms with Gasteiger partial charge in [0.25, 0.3) is 6.01 Å². The number of nitrogens with zero attached hydrogens (tertiary/aromatic N) is 3. The molecular weight excluding hydrogens is 218 g/mol. The van der Waals surface area contributed by atoms with Crippen molar-refractivity contribution in [3.05, 3.63) is 12.0 Å². The third-order valence-electron chi connectivity index (χ3n) is 3.81. The molecule has 2 fully saturated rings. The molecule has 1 atom stereocenters. The minimum absolute atomic E-state index is 0.0487. The molecule has 2 aliphatic heterocycles.